The largest absolute Gasteiger partial charge is 0.494 e. The Morgan fingerprint density at radius 2 is 1.81 bits per heavy atom. The van der Waals surface area contributed by atoms with Crippen LogP contribution in [0, 0.1) is 5.82 Å². The van der Waals surface area contributed by atoms with Gasteiger partial charge in [-0.3, -0.25) is 0 Å². The average molecular weight is 437 g/mol. The number of nitrogens with zero attached hydrogens (tertiary/aromatic N) is 1. The zero-order chi connectivity index (χ0) is 22.9. The Morgan fingerprint density at radius 1 is 1.10 bits per heavy atom. The summed E-state index contributed by atoms with van der Waals surface area (Å²) < 4.78 is 62.1. The third-order valence-corrected chi connectivity index (χ3v) is 5.59. The van der Waals surface area contributed by atoms with Gasteiger partial charge in [0.2, 0.25) is 0 Å². The lowest BCUT2D eigenvalue weighted by Gasteiger charge is -2.42. The maximum absolute atomic E-state index is 14.2. The number of anilines is 1. The Bertz CT molecular complexity index is 955. The number of para-hydroxylation sites is 1. The second-order valence-corrected chi connectivity index (χ2v) is 8.51. The standard InChI is InChI=1S/C24H27F4NO2/c1-4-31-21-12-11-18(25)14-19(21)22(2,3)15-23(30,24(26,27)28)16-29-13-7-9-17-8-5-6-10-20(17)29/h5-12,14,30H,4,13,15-16H2,1-3H3. The van der Waals surface area contributed by atoms with E-state index >= 15 is 0 Å². The van der Waals surface area contributed by atoms with Gasteiger partial charge in [0.1, 0.15) is 11.6 Å². The van der Waals surface area contributed by atoms with E-state index in [0.29, 0.717) is 11.4 Å². The van der Waals surface area contributed by atoms with E-state index < -0.39 is 36.0 Å². The third kappa shape index (κ3) is 4.87. The van der Waals surface area contributed by atoms with Gasteiger partial charge in [0.15, 0.2) is 5.60 Å². The summed E-state index contributed by atoms with van der Waals surface area (Å²) in [6, 6.07) is 10.9. The maximum atomic E-state index is 14.2. The van der Waals surface area contributed by atoms with Crippen molar-refractivity contribution in [2.75, 3.05) is 24.6 Å². The van der Waals surface area contributed by atoms with Crippen LogP contribution in [0.4, 0.5) is 23.2 Å². The molecule has 2 aromatic rings. The molecule has 3 nitrogen and oxygen atoms in total. The summed E-state index contributed by atoms with van der Waals surface area (Å²) in [5, 5.41) is 11.0. The Hall–Kier alpha value is -2.54. The van der Waals surface area contributed by atoms with E-state index in [1.165, 1.54) is 23.1 Å². The first-order valence-corrected chi connectivity index (χ1v) is 10.2. The Morgan fingerprint density at radius 3 is 2.48 bits per heavy atom. The highest BCUT2D eigenvalue weighted by Crippen LogP contribution is 2.45. The lowest BCUT2D eigenvalue weighted by Crippen LogP contribution is -2.56. The minimum absolute atomic E-state index is 0.250. The molecule has 0 saturated heterocycles. The lowest BCUT2D eigenvalue weighted by atomic mass is 9.74. The average Bonchev–Trinajstić information content (AvgIpc) is 2.68. The summed E-state index contributed by atoms with van der Waals surface area (Å²) in [6.45, 7) is 4.76. The van der Waals surface area contributed by atoms with Gasteiger partial charge < -0.3 is 14.7 Å². The molecule has 1 atom stereocenters. The van der Waals surface area contributed by atoms with E-state index in [1.807, 2.05) is 18.2 Å². The molecule has 0 radical (unpaired) electrons. The lowest BCUT2D eigenvalue weighted by molar-refractivity contribution is -0.262. The van der Waals surface area contributed by atoms with Crippen LogP contribution in [-0.4, -0.2) is 36.6 Å². The molecule has 1 N–H and O–H groups in total. The van der Waals surface area contributed by atoms with E-state index in [2.05, 4.69) is 0 Å². The number of hydrogen-bond acceptors (Lipinski definition) is 3. The molecule has 31 heavy (non-hydrogen) atoms. The van der Waals surface area contributed by atoms with Gasteiger partial charge in [-0.15, -0.1) is 0 Å². The number of rotatable bonds is 7. The van der Waals surface area contributed by atoms with Crippen LogP contribution in [0.1, 0.15) is 38.3 Å². The molecular formula is C24H27F4NO2. The summed E-state index contributed by atoms with van der Waals surface area (Å²) in [5.74, 6) is -0.262. The molecule has 1 aliphatic heterocycles. The second kappa shape index (κ2) is 8.54. The number of ether oxygens (including phenoxy) is 1. The molecule has 1 heterocycles. The van der Waals surface area contributed by atoms with Gasteiger partial charge in [-0.1, -0.05) is 44.2 Å². The Labute approximate surface area is 180 Å². The van der Waals surface area contributed by atoms with Crippen LogP contribution in [0.3, 0.4) is 0 Å². The first-order chi connectivity index (χ1) is 14.5. The Kier molecular flexibility index (Phi) is 6.37. The van der Waals surface area contributed by atoms with Gasteiger partial charge >= 0.3 is 6.18 Å². The summed E-state index contributed by atoms with van der Waals surface area (Å²) in [4.78, 5) is 1.52. The van der Waals surface area contributed by atoms with Crippen molar-refractivity contribution in [3.63, 3.8) is 0 Å². The SMILES string of the molecule is CCOc1ccc(F)cc1C(C)(C)CC(O)(CN1CC=Cc2ccccc21)C(F)(F)F. The second-order valence-electron chi connectivity index (χ2n) is 8.51. The van der Waals surface area contributed by atoms with E-state index in [1.54, 1.807) is 39.0 Å². The minimum atomic E-state index is -4.89. The van der Waals surface area contributed by atoms with Gasteiger partial charge in [-0.25, -0.2) is 4.39 Å². The molecule has 0 spiro atoms. The number of hydrogen-bond donors (Lipinski definition) is 1. The van der Waals surface area contributed by atoms with Crippen LogP contribution in [0.15, 0.2) is 48.5 Å². The summed E-state index contributed by atoms with van der Waals surface area (Å²) >= 11 is 0. The fraction of sp³-hybridized carbons (Fsp3) is 0.417. The van der Waals surface area contributed by atoms with Gasteiger partial charge in [0.25, 0.3) is 0 Å². The van der Waals surface area contributed by atoms with Gasteiger partial charge in [0.05, 0.1) is 13.2 Å². The van der Waals surface area contributed by atoms with Crippen LogP contribution in [-0.2, 0) is 5.41 Å². The van der Waals surface area contributed by atoms with Crippen molar-refractivity contribution in [2.45, 2.75) is 44.4 Å². The third-order valence-electron chi connectivity index (χ3n) is 5.59. The van der Waals surface area contributed by atoms with Crippen molar-refractivity contribution in [3.8, 4) is 5.75 Å². The molecule has 168 valence electrons. The highest BCUT2D eigenvalue weighted by molar-refractivity contribution is 5.71. The molecular weight excluding hydrogens is 410 g/mol. The van der Waals surface area contributed by atoms with Crippen molar-refractivity contribution >= 4 is 11.8 Å². The predicted octanol–water partition coefficient (Wildman–Crippen LogP) is 5.72. The van der Waals surface area contributed by atoms with Gasteiger partial charge in [-0.2, -0.15) is 13.2 Å². The highest BCUT2D eigenvalue weighted by atomic mass is 19.4. The van der Waals surface area contributed by atoms with Crippen molar-refractivity contribution in [1.82, 2.24) is 0 Å². The molecule has 0 amide bonds. The van der Waals surface area contributed by atoms with E-state index in [-0.39, 0.29) is 18.7 Å². The van der Waals surface area contributed by atoms with Crippen LogP contribution in [0.2, 0.25) is 0 Å². The summed E-state index contributed by atoms with van der Waals surface area (Å²) in [7, 11) is 0. The van der Waals surface area contributed by atoms with Crippen LogP contribution in [0.5, 0.6) is 5.75 Å². The summed E-state index contributed by atoms with van der Waals surface area (Å²) in [5.41, 5.74) is -2.53. The smallest absolute Gasteiger partial charge is 0.418 e. The van der Waals surface area contributed by atoms with Crippen molar-refractivity contribution in [3.05, 3.63) is 65.5 Å². The van der Waals surface area contributed by atoms with E-state index in [9.17, 15) is 22.7 Å². The zero-order valence-corrected chi connectivity index (χ0v) is 17.8. The molecule has 0 saturated carbocycles. The number of β-amino-alcohol motifs (C(OH)–C–C–N with tert-alkyl or cyclic N) is 1. The molecule has 7 heteroatoms. The molecule has 0 aromatic heterocycles. The number of benzene rings is 2. The van der Waals surface area contributed by atoms with Crippen molar-refractivity contribution in [1.29, 1.82) is 0 Å². The Balaban J connectivity index is 1.97. The molecule has 0 aliphatic carbocycles. The molecule has 0 bridgehead atoms. The fourth-order valence-electron chi connectivity index (χ4n) is 4.17. The summed E-state index contributed by atoms with van der Waals surface area (Å²) in [6.07, 6.45) is -1.93. The molecule has 1 unspecified atom stereocenters. The van der Waals surface area contributed by atoms with Crippen LogP contribution in [0.25, 0.3) is 6.08 Å². The van der Waals surface area contributed by atoms with Gasteiger partial charge in [0, 0.05) is 17.8 Å². The minimum Gasteiger partial charge on any atom is -0.494 e. The fourth-order valence-corrected chi connectivity index (χ4v) is 4.17. The number of alkyl halides is 3. The highest BCUT2D eigenvalue weighted by Gasteiger charge is 2.57. The van der Waals surface area contributed by atoms with Crippen molar-refractivity contribution in [2.24, 2.45) is 0 Å². The zero-order valence-electron chi connectivity index (χ0n) is 17.8. The molecule has 0 fully saturated rings. The molecule has 1 aliphatic rings. The molecule has 3 rings (SSSR count). The van der Waals surface area contributed by atoms with Gasteiger partial charge in [-0.05, 0) is 48.6 Å². The normalized spacial score (nSPS) is 16.1. The van der Waals surface area contributed by atoms with Crippen LogP contribution < -0.4 is 9.64 Å². The topological polar surface area (TPSA) is 32.7 Å². The predicted molar refractivity (Wildman–Crippen MR) is 114 cm³/mol. The number of aliphatic hydroxyl groups is 1. The quantitative estimate of drug-likeness (QED) is 0.563. The van der Waals surface area contributed by atoms with E-state index in [4.69, 9.17) is 4.74 Å². The van der Waals surface area contributed by atoms with Crippen LogP contribution >= 0.6 is 0 Å². The van der Waals surface area contributed by atoms with Crippen molar-refractivity contribution < 1.29 is 27.4 Å². The molecule has 2 aromatic carbocycles. The number of halogens is 4. The number of fused-ring (bicyclic) bond motifs is 1. The maximum Gasteiger partial charge on any atom is 0.418 e. The van der Waals surface area contributed by atoms with E-state index in [0.717, 1.165) is 5.56 Å². The first-order valence-electron chi connectivity index (χ1n) is 10.2. The monoisotopic (exact) mass is 437 g/mol. The first kappa shape index (κ1) is 23.1.